The molecule has 1 heterocycles. The Bertz CT molecular complexity index is 232. The minimum Gasteiger partial charge on any atom is -0.366 e. The van der Waals surface area contributed by atoms with E-state index in [1.54, 1.807) is 18.0 Å². The van der Waals surface area contributed by atoms with Gasteiger partial charge in [0.15, 0.2) is 0 Å². The molecule has 0 fully saturated rings. The van der Waals surface area contributed by atoms with Gasteiger partial charge in [-0.25, -0.2) is 0 Å². The number of carbonyl (C=O) groups is 1. The van der Waals surface area contributed by atoms with Crippen LogP contribution in [-0.4, -0.2) is 30.2 Å². The zero-order valence-electron chi connectivity index (χ0n) is 6.42. The van der Waals surface area contributed by atoms with Crippen LogP contribution in [0.5, 0.6) is 0 Å². The number of amides is 1. The lowest BCUT2D eigenvalue weighted by Crippen LogP contribution is -2.34. The Balaban J connectivity index is 2.74. The average Bonchev–Trinajstić information content (AvgIpc) is 1.94. The van der Waals surface area contributed by atoms with Crippen LogP contribution in [0.4, 0.5) is 0 Å². The summed E-state index contributed by atoms with van der Waals surface area (Å²) in [6, 6.07) is 0. The monoisotopic (exact) mass is 153 g/mol. The molecule has 0 aromatic carbocycles. The van der Waals surface area contributed by atoms with Gasteiger partial charge in [-0.05, 0) is 0 Å². The summed E-state index contributed by atoms with van der Waals surface area (Å²) in [5.74, 6) is 0.138. The third kappa shape index (κ3) is 1.58. The minimum absolute atomic E-state index is 0.385. The summed E-state index contributed by atoms with van der Waals surface area (Å²) in [4.78, 5) is 12.4. The van der Waals surface area contributed by atoms with Gasteiger partial charge in [-0.15, -0.1) is 0 Å². The van der Waals surface area contributed by atoms with Crippen LogP contribution >= 0.6 is 0 Å². The maximum Gasteiger partial charge on any atom is 0.246 e. The molecule has 0 atom stereocenters. The SMILES string of the molecule is CN1CC(C(N)=O)=CCC1=N. The molecule has 0 saturated carbocycles. The van der Waals surface area contributed by atoms with Crippen molar-refractivity contribution in [1.29, 1.82) is 5.41 Å². The van der Waals surface area contributed by atoms with Gasteiger partial charge in [0.05, 0.1) is 5.84 Å². The molecule has 1 aliphatic heterocycles. The van der Waals surface area contributed by atoms with E-state index in [0.717, 1.165) is 0 Å². The van der Waals surface area contributed by atoms with Crippen LogP contribution in [-0.2, 0) is 4.79 Å². The van der Waals surface area contributed by atoms with E-state index in [1.165, 1.54) is 0 Å². The lowest BCUT2D eigenvalue weighted by atomic mass is 10.1. The molecule has 0 unspecified atom stereocenters. The summed E-state index contributed by atoms with van der Waals surface area (Å²) in [6.45, 7) is 0.466. The second kappa shape index (κ2) is 2.74. The van der Waals surface area contributed by atoms with Gasteiger partial charge in [-0.3, -0.25) is 10.2 Å². The molecule has 1 aliphatic rings. The molecule has 0 spiro atoms. The quantitative estimate of drug-likeness (QED) is 0.543. The Hall–Kier alpha value is -1.32. The summed E-state index contributed by atoms with van der Waals surface area (Å²) < 4.78 is 0. The van der Waals surface area contributed by atoms with Crippen molar-refractivity contribution >= 4 is 11.7 Å². The molecule has 0 aromatic heterocycles. The smallest absolute Gasteiger partial charge is 0.246 e. The molecule has 0 aliphatic carbocycles. The molecule has 1 amide bonds. The van der Waals surface area contributed by atoms with Crippen molar-refractivity contribution in [3.05, 3.63) is 11.6 Å². The van der Waals surface area contributed by atoms with Crippen LogP contribution in [0.1, 0.15) is 6.42 Å². The van der Waals surface area contributed by atoms with Gasteiger partial charge in [-0.1, -0.05) is 6.08 Å². The van der Waals surface area contributed by atoms with Gasteiger partial charge in [0.2, 0.25) is 5.91 Å². The molecule has 0 saturated heterocycles. The molecular weight excluding hydrogens is 142 g/mol. The van der Waals surface area contributed by atoms with Crippen molar-refractivity contribution in [1.82, 2.24) is 4.90 Å². The third-order valence-corrected chi connectivity index (χ3v) is 1.73. The van der Waals surface area contributed by atoms with Gasteiger partial charge < -0.3 is 10.6 Å². The summed E-state index contributed by atoms with van der Waals surface area (Å²) in [5.41, 5.74) is 5.67. The van der Waals surface area contributed by atoms with Crippen LogP contribution in [0, 0.1) is 5.41 Å². The van der Waals surface area contributed by atoms with Crippen LogP contribution < -0.4 is 5.73 Å². The highest BCUT2D eigenvalue weighted by molar-refractivity contribution is 5.95. The second-order valence-corrected chi connectivity index (χ2v) is 2.60. The molecule has 1 rings (SSSR count). The summed E-state index contributed by atoms with van der Waals surface area (Å²) in [5, 5.41) is 7.35. The topological polar surface area (TPSA) is 70.2 Å². The summed E-state index contributed by atoms with van der Waals surface area (Å²) in [6.07, 6.45) is 2.22. The standard InChI is InChI=1S/C7H11N3O/c1-10-4-5(7(9)11)2-3-6(10)8/h2,8H,3-4H2,1H3,(H2,9,11). The first-order valence-electron chi connectivity index (χ1n) is 3.38. The zero-order chi connectivity index (χ0) is 8.43. The molecule has 0 radical (unpaired) electrons. The van der Waals surface area contributed by atoms with Crippen LogP contribution in [0.15, 0.2) is 11.6 Å². The van der Waals surface area contributed by atoms with Gasteiger partial charge in [0, 0.05) is 25.6 Å². The molecule has 4 nitrogen and oxygen atoms in total. The Morgan fingerprint density at radius 2 is 2.45 bits per heavy atom. The van der Waals surface area contributed by atoms with E-state index >= 15 is 0 Å². The Kier molecular flexibility index (Phi) is 1.94. The van der Waals surface area contributed by atoms with Gasteiger partial charge in [0.1, 0.15) is 0 Å². The van der Waals surface area contributed by atoms with E-state index in [9.17, 15) is 4.79 Å². The zero-order valence-corrected chi connectivity index (χ0v) is 6.42. The Morgan fingerprint density at radius 3 is 2.91 bits per heavy atom. The predicted octanol–water partition coefficient (Wildman–Crippen LogP) is -0.289. The normalized spacial score (nSPS) is 18.1. The van der Waals surface area contributed by atoms with E-state index in [2.05, 4.69) is 0 Å². The van der Waals surface area contributed by atoms with Crippen molar-refractivity contribution in [2.24, 2.45) is 5.73 Å². The van der Waals surface area contributed by atoms with Crippen molar-refractivity contribution in [2.45, 2.75) is 6.42 Å². The highest BCUT2D eigenvalue weighted by atomic mass is 16.1. The summed E-state index contributed by atoms with van der Waals surface area (Å²) in [7, 11) is 1.78. The summed E-state index contributed by atoms with van der Waals surface area (Å²) >= 11 is 0. The first-order chi connectivity index (χ1) is 5.11. The van der Waals surface area contributed by atoms with E-state index < -0.39 is 0 Å². The highest BCUT2D eigenvalue weighted by Crippen LogP contribution is 2.07. The predicted molar refractivity (Wildman–Crippen MR) is 42.3 cm³/mol. The first-order valence-corrected chi connectivity index (χ1v) is 3.38. The molecule has 4 heteroatoms. The number of likely N-dealkylation sites (N-methyl/N-ethyl adjacent to an activating group) is 1. The Morgan fingerprint density at radius 1 is 1.82 bits per heavy atom. The third-order valence-electron chi connectivity index (χ3n) is 1.73. The number of hydrogen-bond donors (Lipinski definition) is 2. The van der Waals surface area contributed by atoms with E-state index in [-0.39, 0.29) is 5.91 Å². The van der Waals surface area contributed by atoms with Gasteiger partial charge in [-0.2, -0.15) is 0 Å². The van der Waals surface area contributed by atoms with Crippen molar-refractivity contribution in [3.63, 3.8) is 0 Å². The molecule has 3 N–H and O–H groups in total. The maximum absolute atomic E-state index is 10.7. The fourth-order valence-corrected chi connectivity index (χ4v) is 0.970. The van der Waals surface area contributed by atoms with Crippen molar-refractivity contribution in [3.8, 4) is 0 Å². The van der Waals surface area contributed by atoms with Crippen molar-refractivity contribution in [2.75, 3.05) is 13.6 Å². The first kappa shape index (κ1) is 7.78. The van der Waals surface area contributed by atoms with Gasteiger partial charge in [0.25, 0.3) is 0 Å². The van der Waals surface area contributed by atoms with E-state index in [4.69, 9.17) is 11.1 Å². The van der Waals surface area contributed by atoms with Gasteiger partial charge >= 0.3 is 0 Å². The largest absolute Gasteiger partial charge is 0.366 e. The number of rotatable bonds is 1. The number of nitrogens with zero attached hydrogens (tertiary/aromatic N) is 1. The number of nitrogens with two attached hydrogens (primary N) is 1. The molecular formula is C7H11N3O. The lowest BCUT2D eigenvalue weighted by Gasteiger charge is -2.23. The fourth-order valence-electron chi connectivity index (χ4n) is 0.970. The minimum atomic E-state index is -0.385. The average molecular weight is 153 g/mol. The molecule has 0 aromatic rings. The molecule has 0 bridgehead atoms. The number of hydrogen-bond acceptors (Lipinski definition) is 2. The van der Waals surface area contributed by atoms with Crippen LogP contribution in [0.3, 0.4) is 0 Å². The number of carbonyl (C=O) groups excluding carboxylic acids is 1. The van der Waals surface area contributed by atoms with Crippen molar-refractivity contribution < 1.29 is 4.79 Å². The number of amidine groups is 1. The van der Waals surface area contributed by atoms with E-state index in [1.807, 2.05) is 0 Å². The maximum atomic E-state index is 10.7. The lowest BCUT2D eigenvalue weighted by molar-refractivity contribution is -0.114. The fraction of sp³-hybridized carbons (Fsp3) is 0.429. The molecule has 60 valence electrons. The molecule has 11 heavy (non-hydrogen) atoms. The Labute approximate surface area is 65.2 Å². The highest BCUT2D eigenvalue weighted by Gasteiger charge is 2.15. The number of primary amides is 1. The van der Waals surface area contributed by atoms with Crippen LogP contribution in [0.25, 0.3) is 0 Å². The number of nitrogens with one attached hydrogen (secondary N) is 1. The van der Waals surface area contributed by atoms with Crippen LogP contribution in [0.2, 0.25) is 0 Å². The second-order valence-electron chi connectivity index (χ2n) is 2.60. The van der Waals surface area contributed by atoms with E-state index in [0.29, 0.717) is 24.4 Å².